The van der Waals surface area contributed by atoms with Gasteiger partial charge in [-0.1, -0.05) is 26.2 Å². The first-order chi connectivity index (χ1) is 8.77. The fourth-order valence-corrected chi connectivity index (χ4v) is 5.07. The lowest BCUT2D eigenvalue weighted by Crippen LogP contribution is -2.62. The summed E-state index contributed by atoms with van der Waals surface area (Å²) in [4.78, 5) is 2.84. The number of piperidine rings is 1. The molecule has 2 heteroatoms. The third-order valence-electron chi connectivity index (χ3n) is 6.27. The zero-order valence-corrected chi connectivity index (χ0v) is 12.0. The maximum Gasteiger partial charge on any atom is 0.0247 e. The van der Waals surface area contributed by atoms with Crippen molar-refractivity contribution in [2.45, 2.75) is 76.8 Å². The molecular formula is C16H30N2. The summed E-state index contributed by atoms with van der Waals surface area (Å²) in [6.07, 6.45) is 13.2. The third kappa shape index (κ3) is 2.02. The van der Waals surface area contributed by atoms with Gasteiger partial charge in [-0.05, 0) is 56.4 Å². The Hall–Kier alpha value is -0.0800. The van der Waals surface area contributed by atoms with Gasteiger partial charge in [-0.25, -0.2) is 0 Å². The van der Waals surface area contributed by atoms with E-state index in [9.17, 15) is 0 Å². The largest absolute Gasteiger partial charge is 0.329 e. The Balaban J connectivity index is 1.73. The number of likely N-dealkylation sites (tertiary alicyclic amines) is 1. The van der Waals surface area contributed by atoms with Gasteiger partial charge in [0.1, 0.15) is 0 Å². The maximum absolute atomic E-state index is 6.08. The fourth-order valence-electron chi connectivity index (χ4n) is 5.07. The minimum atomic E-state index is 0.669. The first kappa shape index (κ1) is 12.9. The molecule has 1 saturated heterocycles. The Morgan fingerprint density at radius 3 is 2.44 bits per heavy atom. The molecule has 2 N–H and O–H groups in total. The van der Waals surface area contributed by atoms with E-state index < -0.39 is 0 Å². The van der Waals surface area contributed by atoms with Crippen LogP contribution in [-0.4, -0.2) is 30.1 Å². The molecule has 0 bridgehead atoms. The number of hydrogen-bond donors (Lipinski definition) is 1. The summed E-state index contributed by atoms with van der Waals surface area (Å²) < 4.78 is 0. The van der Waals surface area contributed by atoms with E-state index in [1.54, 1.807) is 0 Å². The van der Waals surface area contributed by atoms with Crippen molar-refractivity contribution >= 4 is 0 Å². The van der Waals surface area contributed by atoms with Crippen molar-refractivity contribution < 1.29 is 0 Å². The van der Waals surface area contributed by atoms with Crippen LogP contribution in [0.1, 0.15) is 64.7 Å². The highest BCUT2D eigenvalue weighted by Gasteiger charge is 2.51. The molecule has 1 heterocycles. The molecule has 0 radical (unpaired) electrons. The lowest BCUT2D eigenvalue weighted by molar-refractivity contribution is -0.0886. The number of rotatable bonds is 2. The zero-order valence-electron chi connectivity index (χ0n) is 12.0. The van der Waals surface area contributed by atoms with Gasteiger partial charge in [-0.15, -0.1) is 0 Å². The molecule has 104 valence electrons. The van der Waals surface area contributed by atoms with Gasteiger partial charge in [0.05, 0.1) is 0 Å². The highest BCUT2D eigenvalue weighted by molar-refractivity contribution is 5.05. The van der Waals surface area contributed by atoms with Crippen molar-refractivity contribution in [2.75, 3.05) is 13.1 Å². The van der Waals surface area contributed by atoms with Crippen molar-refractivity contribution in [2.24, 2.45) is 17.1 Å². The monoisotopic (exact) mass is 250 g/mol. The molecule has 3 unspecified atom stereocenters. The molecule has 3 rings (SSSR count). The molecule has 18 heavy (non-hydrogen) atoms. The molecule has 0 aromatic rings. The van der Waals surface area contributed by atoms with E-state index in [1.165, 1.54) is 64.3 Å². The second-order valence-corrected chi connectivity index (χ2v) is 7.14. The molecule has 0 aromatic heterocycles. The van der Waals surface area contributed by atoms with Crippen LogP contribution in [0, 0.1) is 11.3 Å². The Kier molecular flexibility index (Phi) is 3.68. The second kappa shape index (κ2) is 5.13. The highest BCUT2D eigenvalue weighted by Crippen LogP contribution is 2.54. The van der Waals surface area contributed by atoms with Crippen LogP contribution >= 0.6 is 0 Å². The Labute approximate surface area is 112 Å². The molecule has 2 saturated carbocycles. The van der Waals surface area contributed by atoms with Crippen molar-refractivity contribution in [3.05, 3.63) is 0 Å². The van der Waals surface area contributed by atoms with E-state index in [4.69, 9.17) is 5.73 Å². The average molecular weight is 250 g/mol. The second-order valence-electron chi connectivity index (χ2n) is 7.14. The first-order valence-electron chi connectivity index (χ1n) is 8.23. The molecule has 3 atom stereocenters. The average Bonchev–Trinajstić information content (AvgIpc) is 2.39. The molecule has 3 aliphatic rings. The van der Waals surface area contributed by atoms with E-state index in [-0.39, 0.29) is 0 Å². The van der Waals surface area contributed by atoms with Gasteiger partial charge in [0.2, 0.25) is 0 Å². The van der Waals surface area contributed by atoms with Gasteiger partial charge in [0, 0.05) is 18.6 Å². The quantitative estimate of drug-likeness (QED) is 0.815. The Morgan fingerprint density at radius 1 is 1.06 bits per heavy atom. The van der Waals surface area contributed by atoms with Crippen molar-refractivity contribution in [1.82, 2.24) is 4.90 Å². The van der Waals surface area contributed by atoms with Crippen LogP contribution in [-0.2, 0) is 0 Å². The fraction of sp³-hybridized carbons (Fsp3) is 1.00. The summed E-state index contributed by atoms with van der Waals surface area (Å²) in [6.45, 7) is 4.60. The molecule has 0 amide bonds. The molecule has 1 aliphatic heterocycles. The minimum absolute atomic E-state index is 0.669. The zero-order chi connectivity index (χ0) is 12.6. The van der Waals surface area contributed by atoms with Crippen molar-refractivity contribution in [1.29, 1.82) is 0 Å². The summed E-state index contributed by atoms with van der Waals surface area (Å²) in [5.41, 5.74) is 6.79. The molecule has 3 fully saturated rings. The lowest BCUT2D eigenvalue weighted by Gasteiger charge is -2.59. The third-order valence-corrected chi connectivity index (χ3v) is 6.27. The topological polar surface area (TPSA) is 29.3 Å². The predicted octanol–water partition coefficient (Wildman–Crippen LogP) is 3.16. The van der Waals surface area contributed by atoms with Gasteiger partial charge < -0.3 is 5.73 Å². The van der Waals surface area contributed by atoms with Crippen LogP contribution in [0.15, 0.2) is 0 Å². The van der Waals surface area contributed by atoms with E-state index in [0.29, 0.717) is 11.5 Å². The van der Waals surface area contributed by atoms with Crippen LogP contribution in [0.4, 0.5) is 0 Å². The summed E-state index contributed by atoms with van der Waals surface area (Å²) in [7, 11) is 0. The van der Waals surface area contributed by atoms with Gasteiger partial charge in [-0.2, -0.15) is 0 Å². The number of nitrogens with two attached hydrogens (primary N) is 1. The summed E-state index contributed by atoms with van der Waals surface area (Å²) in [5.74, 6) is 0.810. The smallest absolute Gasteiger partial charge is 0.0247 e. The summed E-state index contributed by atoms with van der Waals surface area (Å²) in [6, 6.07) is 1.55. The van der Waals surface area contributed by atoms with E-state index in [0.717, 1.165) is 18.5 Å². The molecular weight excluding hydrogens is 220 g/mol. The van der Waals surface area contributed by atoms with Crippen LogP contribution in [0.5, 0.6) is 0 Å². The Bertz CT molecular complexity index is 283. The van der Waals surface area contributed by atoms with Crippen molar-refractivity contribution in [3.63, 3.8) is 0 Å². The number of hydrogen-bond acceptors (Lipinski definition) is 2. The Morgan fingerprint density at radius 2 is 1.83 bits per heavy atom. The predicted molar refractivity (Wildman–Crippen MR) is 76.5 cm³/mol. The van der Waals surface area contributed by atoms with Gasteiger partial charge >= 0.3 is 0 Å². The first-order valence-corrected chi connectivity index (χ1v) is 8.23. The van der Waals surface area contributed by atoms with E-state index in [2.05, 4.69) is 11.8 Å². The number of nitrogens with zero attached hydrogens (tertiary/aromatic N) is 1. The highest BCUT2D eigenvalue weighted by atomic mass is 15.2. The van der Waals surface area contributed by atoms with E-state index >= 15 is 0 Å². The molecule has 2 aliphatic carbocycles. The standard InChI is InChI=1S/C16H30N2/c1-13-6-5-11-18(14(13)12-17)15-7-10-16(15)8-3-2-4-9-16/h13-15H,2-12,17H2,1H3. The minimum Gasteiger partial charge on any atom is -0.329 e. The van der Waals surface area contributed by atoms with Crippen LogP contribution in [0.2, 0.25) is 0 Å². The summed E-state index contributed by atoms with van der Waals surface area (Å²) >= 11 is 0. The maximum atomic E-state index is 6.08. The van der Waals surface area contributed by atoms with Gasteiger partial charge in [-0.3, -0.25) is 4.90 Å². The van der Waals surface area contributed by atoms with Gasteiger partial charge in [0.15, 0.2) is 0 Å². The van der Waals surface area contributed by atoms with Crippen LogP contribution in [0.25, 0.3) is 0 Å². The van der Waals surface area contributed by atoms with Crippen LogP contribution < -0.4 is 5.73 Å². The molecule has 0 aromatic carbocycles. The van der Waals surface area contributed by atoms with Crippen molar-refractivity contribution in [3.8, 4) is 0 Å². The molecule has 2 nitrogen and oxygen atoms in total. The SMILES string of the molecule is CC1CCCN(C2CCC23CCCCC3)C1CN. The summed E-state index contributed by atoms with van der Waals surface area (Å²) in [5, 5.41) is 0. The van der Waals surface area contributed by atoms with E-state index in [1.807, 2.05) is 0 Å². The van der Waals surface area contributed by atoms with Crippen LogP contribution in [0.3, 0.4) is 0 Å². The molecule has 1 spiro atoms. The lowest BCUT2D eigenvalue weighted by atomic mass is 9.56. The normalized spacial score (nSPS) is 40.7. The van der Waals surface area contributed by atoms with Gasteiger partial charge in [0.25, 0.3) is 0 Å².